The van der Waals surface area contributed by atoms with Crippen molar-refractivity contribution in [1.82, 2.24) is 14.8 Å². The lowest BCUT2D eigenvalue weighted by atomic mass is 10.3. The van der Waals surface area contributed by atoms with Gasteiger partial charge >= 0.3 is 0 Å². The zero-order chi connectivity index (χ0) is 12.4. The fourth-order valence-electron chi connectivity index (χ4n) is 1.94. The Bertz CT molecular complexity index is 421. The summed E-state index contributed by atoms with van der Waals surface area (Å²) in [4.78, 5) is 2.23. The van der Waals surface area contributed by atoms with E-state index in [0.29, 0.717) is 18.7 Å². The minimum absolute atomic E-state index is 0.382. The number of methoxy groups -OCH3 is 1. The predicted octanol–water partition coefficient (Wildman–Crippen LogP) is 2.14. The van der Waals surface area contributed by atoms with Gasteiger partial charge in [-0.05, 0) is 38.9 Å². The molecule has 17 heavy (non-hydrogen) atoms. The van der Waals surface area contributed by atoms with Gasteiger partial charge in [-0.3, -0.25) is 4.57 Å². The second-order valence-corrected chi connectivity index (χ2v) is 5.10. The predicted molar refractivity (Wildman–Crippen MR) is 70.0 cm³/mol. The molecule has 0 saturated heterocycles. The van der Waals surface area contributed by atoms with E-state index in [1.807, 2.05) is 0 Å². The molecule has 0 aliphatic heterocycles. The maximum absolute atomic E-state index is 5.29. The minimum Gasteiger partial charge on any atom is -0.383 e. The maximum atomic E-state index is 5.29. The van der Waals surface area contributed by atoms with Crippen molar-refractivity contribution >= 4 is 18.2 Å². The van der Waals surface area contributed by atoms with Crippen LogP contribution in [0.15, 0.2) is 0 Å². The number of ether oxygens (including phenoxy) is 1. The summed E-state index contributed by atoms with van der Waals surface area (Å²) in [6.07, 6.45) is 2.41. The molecule has 6 heteroatoms. The topological polar surface area (TPSA) is 46.1 Å². The molecule has 1 N–H and O–H groups in total. The van der Waals surface area contributed by atoms with Crippen LogP contribution in [0, 0.1) is 4.77 Å². The Morgan fingerprint density at radius 3 is 2.82 bits per heavy atom. The number of hydrogen-bond acceptors (Lipinski definition) is 4. The highest BCUT2D eigenvalue weighted by Gasteiger charge is 2.29. The summed E-state index contributed by atoms with van der Waals surface area (Å²) in [6, 6.07) is 0.924. The molecule has 0 unspecified atom stereocenters. The molecule has 0 bridgehead atoms. The maximum Gasteiger partial charge on any atom is 0.226 e. The summed E-state index contributed by atoms with van der Waals surface area (Å²) in [5.41, 5.74) is 0. The van der Waals surface area contributed by atoms with Gasteiger partial charge in [-0.25, -0.2) is 5.10 Å². The van der Waals surface area contributed by atoms with Crippen molar-refractivity contribution in [2.24, 2.45) is 0 Å². The van der Waals surface area contributed by atoms with Crippen LogP contribution in [-0.2, 0) is 4.74 Å². The van der Waals surface area contributed by atoms with E-state index in [4.69, 9.17) is 17.0 Å². The standard InChI is InChI=1S/C11H20N4OS/c1-8(2)14(6-7-16-3)10-12-13-11(17)15(10)9-4-5-9/h8-9H,4-7H2,1-3H3,(H,13,17). The SMILES string of the molecule is COCCN(c1n[nH]c(=S)n1C1CC1)C(C)C. The fourth-order valence-corrected chi connectivity index (χ4v) is 2.22. The van der Waals surface area contributed by atoms with E-state index in [9.17, 15) is 0 Å². The van der Waals surface area contributed by atoms with Crippen LogP contribution in [0.4, 0.5) is 5.95 Å². The monoisotopic (exact) mass is 256 g/mol. The summed E-state index contributed by atoms with van der Waals surface area (Å²) >= 11 is 5.29. The zero-order valence-electron chi connectivity index (χ0n) is 10.6. The van der Waals surface area contributed by atoms with Crippen LogP contribution in [-0.4, -0.2) is 41.1 Å². The molecule has 0 aromatic carbocycles. The lowest BCUT2D eigenvalue weighted by molar-refractivity contribution is 0.203. The molecule has 0 atom stereocenters. The van der Waals surface area contributed by atoms with Crippen LogP contribution in [0.3, 0.4) is 0 Å². The third-order valence-corrected chi connectivity index (χ3v) is 3.30. The fraction of sp³-hybridized carbons (Fsp3) is 0.818. The van der Waals surface area contributed by atoms with E-state index in [-0.39, 0.29) is 0 Å². The van der Waals surface area contributed by atoms with Crippen molar-refractivity contribution in [2.75, 3.05) is 25.2 Å². The highest BCUT2D eigenvalue weighted by atomic mass is 32.1. The lowest BCUT2D eigenvalue weighted by Gasteiger charge is -2.27. The molecule has 1 aromatic rings. The molecule has 0 amide bonds. The van der Waals surface area contributed by atoms with E-state index >= 15 is 0 Å². The Morgan fingerprint density at radius 1 is 1.59 bits per heavy atom. The Labute approximate surface area is 107 Å². The van der Waals surface area contributed by atoms with Gasteiger partial charge in [0.15, 0.2) is 4.77 Å². The molecule has 1 aromatic heterocycles. The summed E-state index contributed by atoms with van der Waals surface area (Å²) in [5.74, 6) is 0.949. The Hall–Kier alpha value is -0.880. The first-order valence-electron chi connectivity index (χ1n) is 6.07. The van der Waals surface area contributed by atoms with E-state index in [0.717, 1.165) is 17.3 Å². The van der Waals surface area contributed by atoms with Crippen LogP contribution in [0.1, 0.15) is 32.7 Å². The van der Waals surface area contributed by atoms with Crippen molar-refractivity contribution in [3.05, 3.63) is 4.77 Å². The van der Waals surface area contributed by atoms with Crippen molar-refractivity contribution in [1.29, 1.82) is 0 Å². The molecule has 0 radical (unpaired) electrons. The van der Waals surface area contributed by atoms with E-state index in [2.05, 4.69) is 33.5 Å². The first-order chi connectivity index (χ1) is 8.15. The van der Waals surface area contributed by atoms with E-state index < -0.39 is 0 Å². The molecule has 1 aliphatic rings. The minimum atomic E-state index is 0.382. The Balaban J connectivity index is 2.25. The highest BCUT2D eigenvalue weighted by Crippen LogP contribution is 2.38. The van der Waals surface area contributed by atoms with Gasteiger partial charge < -0.3 is 9.64 Å². The smallest absolute Gasteiger partial charge is 0.226 e. The number of rotatable bonds is 6. The number of nitrogens with zero attached hydrogens (tertiary/aromatic N) is 3. The van der Waals surface area contributed by atoms with Crippen molar-refractivity contribution in [3.63, 3.8) is 0 Å². The summed E-state index contributed by atoms with van der Waals surface area (Å²) in [7, 11) is 1.72. The molecule has 1 aliphatic carbocycles. The average molecular weight is 256 g/mol. The molecular weight excluding hydrogens is 236 g/mol. The van der Waals surface area contributed by atoms with Crippen molar-refractivity contribution < 1.29 is 4.74 Å². The quantitative estimate of drug-likeness (QED) is 0.792. The second-order valence-electron chi connectivity index (χ2n) is 4.71. The van der Waals surface area contributed by atoms with Gasteiger partial charge in [-0.2, -0.15) is 0 Å². The molecule has 96 valence electrons. The van der Waals surface area contributed by atoms with Gasteiger partial charge in [0.25, 0.3) is 0 Å². The Kier molecular flexibility index (Phi) is 3.83. The van der Waals surface area contributed by atoms with Gasteiger partial charge in [0.2, 0.25) is 5.95 Å². The lowest BCUT2D eigenvalue weighted by Crippen LogP contribution is -2.36. The number of aromatic amines is 1. The average Bonchev–Trinajstić information content (AvgIpc) is 3.04. The first-order valence-corrected chi connectivity index (χ1v) is 6.48. The van der Waals surface area contributed by atoms with Crippen LogP contribution in [0.5, 0.6) is 0 Å². The molecule has 0 spiro atoms. The summed E-state index contributed by atoms with van der Waals surface area (Å²) in [5, 5.41) is 7.27. The van der Waals surface area contributed by atoms with Gasteiger partial charge in [0, 0.05) is 25.7 Å². The van der Waals surface area contributed by atoms with Crippen LogP contribution >= 0.6 is 12.2 Å². The number of nitrogens with one attached hydrogen (secondary N) is 1. The number of H-pyrrole nitrogens is 1. The molecule has 1 heterocycles. The highest BCUT2D eigenvalue weighted by molar-refractivity contribution is 7.71. The molecule has 5 nitrogen and oxygen atoms in total. The van der Waals surface area contributed by atoms with Crippen molar-refractivity contribution in [2.45, 2.75) is 38.8 Å². The normalized spacial score (nSPS) is 15.5. The van der Waals surface area contributed by atoms with Gasteiger partial charge in [0.05, 0.1) is 6.61 Å². The van der Waals surface area contributed by atoms with E-state index in [1.165, 1.54) is 12.8 Å². The first kappa shape index (κ1) is 12.6. The third-order valence-electron chi connectivity index (χ3n) is 3.01. The third kappa shape index (κ3) is 2.69. The zero-order valence-corrected chi connectivity index (χ0v) is 11.5. The van der Waals surface area contributed by atoms with Gasteiger partial charge in [-0.15, -0.1) is 5.10 Å². The summed E-state index contributed by atoms with van der Waals surface area (Å²) < 4.78 is 8.02. The molecule has 1 fully saturated rings. The largest absolute Gasteiger partial charge is 0.383 e. The van der Waals surface area contributed by atoms with Gasteiger partial charge in [0.1, 0.15) is 0 Å². The molecular formula is C11H20N4OS. The number of hydrogen-bond donors (Lipinski definition) is 1. The Morgan fingerprint density at radius 2 is 2.29 bits per heavy atom. The van der Waals surface area contributed by atoms with Gasteiger partial charge in [-0.1, -0.05) is 0 Å². The number of anilines is 1. The molecule has 1 saturated carbocycles. The van der Waals surface area contributed by atoms with E-state index in [1.54, 1.807) is 7.11 Å². The van der Waals surface area contributed by atoms with Crippen LogP contribution < -0.4 is 4.90 Å². The van der Waals surface area contributed by atoms with Crippen molar-refractivity contribution in [3.8, 4) is 0 Å². The second kappa shape index (κ2) is 5.18. The summed E-state index contributed by atoms with van der Waals surface area (Å²) in [6.45, 7) is 5.85. The molecule has 2 rings (SSSR count). The van der Waals surface area contributed by atoms with Crippen LogP contribution in [0.25, 0.3) is 0 Å². The van der Waals surface area contributed by atoms with Crippen LogP contribution in [0.2, 0.25) is 0 Å². The number of aromatic nitrogens is 3.